The van der Waals surface area contributed by atoms with Crippen LogP contribution in [0.25, 0.3) is 11.4 Å². The second-order valence-corrected chi connectivity index (χ2v) is 11.1. The molecule has 2 aliphatic rings. The van der Waals surface area contributed by atoms with E-state index in [2.05, 4.69) is 41.7 Å². The van der Waals surface area contributed by atoms with Crippen molar-refractivity contribution in [3.63, 3.8) is 0 Å². The summed E-state index contributed by atoms with van der Waals surface area (Å²) in [7, 11) is 0. The average Bonchev–Trinajstić information content (AvgIpc) is 3.31. The number of amides is 1. The van der Waals surface area contributed by atoms with Gasteiger partial charge in [-0.2, -0.15) is 0 Å². The molecule has 0 spiro atoms. The van der Waals surface area contributed by atoms with Crippen LogP contribution in [0.3, 0.4) is 0 Å². The Kier molecular flexibility index (Phi) is 5.88. The highest BCUT2D eigenvalue weighted by Gasteiger charge is 2.41. The number of hydrogen-bond donors (Lipinski definition) is 0. The van der Waals surface area contributed by atoms with Crippen molar-refractivity contribution in [1.82, 2.24) is 15.0 Å². The Balaban J connectivity index is 1.37. The molecule has 4 heterocycles. The number of piperidine rings is 1. The summed E-state index contributed by atoms with van der Waals surface area (Å²) in [5, 5.41) is 1.03. The van der Waals surface area contributed by atoms with Crippen LogP contribution in [0.15, 0.2) is 30.5 Å². The van der Waals surface area contributed by atoms with Crippen LogP contribution < -0.4 is 9.80 Å². The van der Waals surface area contributed by atoms with E-state index in [-0.39, 0.29) is 18.9 Å². The van der Waals surface area contributed by atoms with Gasteiger partial charge in [0.1, 0.15) is 17.3 Å². The molecule has 0 N–H and O–H groups in total. The summed E-state index contributed by atoms with van der Waals surface area (Å²) >= 11 is 1.67. The molecule has 34 heavy (non-hydrogen) atoms. The van der Waals surface area contributed by atoms with Crippen molar-refractivity contribution in [3.8, 4) is 11.4 Å². The number of fused-ring (bicyclic) bond motifs is 1. The molecule has 3 aromatic rings. The number of carbonyl (C=O) groups is 1. The van der Waals surface area contributed by atoms with E-state index < -0.39 is 5.67 Å². The van der Waals surface area contributed by atoms with Crippen LogP contribution in [-0.2, 0) is 11.2 Å². The molecule has 1 saturated heterocycles. The Labute approximate surface area is 203 Å². The third kappa shape index (κ3) is 4.19. The maximum atomic E-state index is 16.0. The summed E-state index contributed by atoms with van der Waals surface area (Å²) < 4.78 is 16.0. The lowest BCUT2D eigenvalue weighted by Crippen LogP contribution is -2.49. The number of carbonyl (C=O) groups excluding carboxylic acids is 1. The van der Waals surface area contributed by atoms with Gasteiger partial charge < -0.3 is 4.90 Å². The summed E-state index contributed by atoms with van der Waals surface area (Å²) in [5.41, 5.74) is 1.43. The maximum Gasteiger partial charge on any atom is 0.232 e. The average molecular weight is 480 g/mol. The molecule has 0 unspecified atom stereocenters. The Hall–Kier alpha value is -2.87. The minimum atomic E-state index is -1.45. The number of hydrogen-bond acceptors (Lipinski definition) is 6. The third-order valence-electron chi connectivity index (χ3n) is 6.84. The smallest absolute Gasteiger partial charge is 0.232 e. The van der Waals surface area contributed by atoms with Crippen LogP contribution in [0.5, 0.6) is 0 Å². The van der Waals surface area contributed by atoms with Gasteiger partial charge in [0, 0.05) is 48.1 Å². The molecule has 6 nitrogen and oxygen atoms in total. The number of alkyl halides is 1. The van der Waals surface area contributed by atoms with E-state index in [0.717, 1.165) is 27.5 Å². The summed E-state index contributed by atoms with van der Waals surface area (Å²) in [6, 6.07) is 8.06. The molecule has 2 aromatic heterocycles. The van der Waals surface area contributed by atoms with Crippen molar-refractivity contribution in [2.75, 3.05) is 29.4 Å². The predicted molar refractivity (Wildman–Crippen MR) is 134 cm³/mol. The first-order valence-electron chi connectivity index (χ1n) is 11.9. The molecule has 0 aliphatic carbocycles. The van der Waals surface area contributed by atoms with Gasteiger partial charge in [-0.15, -0.1) is 11.3 Å². The summed E-state index contributed by atoms with van der Waals surface area (Å²) in [5.74, 6) is 2.31. The standard InChI is InChI=1S/C26H30FN5OS/c1-16(2)20-7-5-6-8-21(20)23-28-14-19-13-22(33)32(25(19)30-23)15-26(27)9-11-31(12-10-26)24-17(3)34-18(4)29-24/h5-8,14,16H,9-13,15H2,1-4H3. The van der Waals surface area contributed by atoms with E-state index in [1.165, 1.54) is 4.88 Å². The molecule has 2 aliphatic heterocycles. The van der Waals surface area contributed by atoms with Crippen molar-refractivity contribution in [2.45, 2.75) is 58.5 Å². The van der Waals surface area contributed by atoms with E-state index in [4.69, 9.17) is 4.98 Å². The third-order valence-corrected chi connectivity index (χ3v) is 7.72. The van der Waals surface area contributed by atoms with Gasteiger partial charge in [0.05, 0.1) is 18.0 Å². The lowest BCUT2D eigenvalue weighted by Gasteiger charge is -2.38. The number of aryl methyl sites for hydroxylation is 2. The van der Waals surface area contributed by atoms with Crippen LogP contribution in [0.2, 0.25) is 0 Å². The van der Waals surface area contributed by atoms with E-state index in [1.807, 2.05) is 25.1 Å². The van der Waals surface area contributed by atoms with Crippen molar-refractivity contribution in [2.24, 2.45) is 0 Å². The van der Waals surface area contributed by atoms with Crippen molar-refractivity contribution in [1.29, 1.82) is 0 Å². The SMILES string of the molecule is Cc1nc(N2CCC(F)(CN3C(=O)Cc4cnc(-c5ccccc5C(C)C)nc43)CC2)c(C)s1. The molecule has 178 valence electrons. The molecule has 5 rings (SSSR count). The Morgan fingerprint density at radius 2 is 1.85 bits per heavy atom. The zero-order valence-corrected chi connectivity index (χ0v) is 21.0. The van der Waals surface area contributed by atoms with Gasteiger partial charge in [-0.3, -0.25) is 9.69 Å². The first-order chi connectivity index (χ1) is 16.2. The highest BCUT2D eigenvalue weighted by molar-refractivity contribution is 7.12. The molecule has 1 amide bonds. The molecular formula is C26H30FN5OS. The fourth-order valence-electron chi connectivity index (χ4n) is 5.00. The van der Waals surface area contributed by atoms with Gasteiger partial charge in [0.2, 0.25) is 5.91 Å². The monoisotopic (exact) mass is 479 g/mol. The number of halogens is 1. The number of benzene rings is 1. The highest BCUT2D eigenvalue weighted by atomic mass is 32.1. The van der Waals surface area contributed by atoms with Crippen LogP contribution in [0, 0.1) is 13.8 Å². The number of rotatable bonds is 5. The Morgan fingerprint density at radius 1 is 1.12 bits per heavy atom. The lowest BCUT2D eigenvalue weighted by molar-refractivity contribution is -0.117. The van der Waals surface area contributed by atoms with Crippen molar-refractivity contribution >= 4 is 28.9 Å². The van der Waals surface area contributed by atoms with Gasteiger partial charge in [-0.25, -0.2) is 19.3 Å². The molecule has 0 atom stereocenters. The minimum Gasteiger partial charge on any atom is -0.355 e. The second kappa shape index (κ2) is 8.73. The number of thiazole rings is 1. The van der Waals surface area contributed by atoms with Crippen LogP contribution in [0.1, 0.15) is 53.6 Å². The predicted octanol–water partition coefficient (Wildman–Crippen LogP) is 5.24. The quantitative estimate of drug-likeness (QED) is 0.501. The normalized spacial score (nSPS) is 17.5. The molecule has 0 radical (unpaired) electrons. The minimum absolute atomic E-state index is 0.0318. The maximum absolute atomic E-state index is 16.0. The summed E-state index contributed by atoms with van der Waals surface area (Å²) in [6.07, 6.45) is 2.67. The van der Waals surface area contributed by atoms with Gasteiger partial charge in [0.25, 0.3) is 0 Å². The molecule has 1 fully saturated rings. The molecule has 1 aromatic carbocycles. The first kappa shape index (κ1) is 22.9. The van der Waals surface area contributed by atoms with Crippen LogP contribution in [0.4, 0.5) is 16.0 Å². The number of aromatic nitrogens is 3. The molecular weight excluding hydrogens is 449 g/mol. The van der Waals surface area contributed by atoms with Crippen LogP contribution in [-0.4, -0.2) is 46.2 Å². The van der Waals surface area contributed by atoms with Gasteiger partial charge in [0.15, 0.2) is 5.82 Å². The van der Waals surface area contributed by atoms with E-state index in [1.54, 1.807) is 22.4 Å². The Morgan fingerprint density at radius 3 is 2.53 bits per heavy atom. The second-order valence-electron chi connectivity index (χ2n) is 9.69. The summed E-state index contributed by atoms with van der Waals surface area (Å²) in [4.78, 5) is 31.7. The van der Waals surface area contributed by atoms with Crippen LogP contribution >= 0.6 is 11.3 Å². The first-order valence-corrected chi connectivity index (χ1v) is 12.7. The van der Waals surface area contributed by atoms with Crippen molar-refractivity contribution < 1.29 is 9.18 Å². The molecule has 0 bridgehead atoms. The fourth-order valence-corrected chi connectivity index (χ4v) is 5.84. The van der Waals surface area contributed by atoms with E-state index in [0.29, 0.717) is 43.5 Å². The molecule has 0 saturated carbocycles. The number of anilines is 2. The largest absolute Gasteiger partial charge is 0.355 e. The topological polar surface area (TPSA) is 62.2 Å². The lowest BCUT2D eigenvalue weighted by atomic mass is 9.92. The summed E-state index contributed by atoms with van der Waals surface area (Å²) in [6.45, 7) is 9.54. The fraction of sp³-hybridized carbons (Fsp3) is 0.462. The van der Waals surface area contributed by atoms with E-state index in [9.17, 15) is 4.79 Å². The zero-order valence-electron chi connectivity index (χ0n) is 20.1. The van der Waals surface area contributed by atoms with E-state index >= 15 is 4.39 Å². The van der Waals surface area contributed by atoms with Gasteiger partial charge >= 0.3 is 0 Å². The molecule has 8 heteroatoms. The zero-order chi connectivity index (χ0) is 24.0. The van der Waals surface area contributed by atoms with Gasteiger partial charge in [-0.05, 0) is 25.3 Å². The number of nitrogens with zero attached hydrogens (tertiary/aromatic N) is 5. The Bertz CT molecular complexity index is 1230. The highest BCUT2D eigenvalue weighted by Crippen LogP contribution is 2.37. The van der Waals surface area contributed by atoms with Crippen molar-refractivity contribution in [3.05, 3.63) is 51.5 Å². The van der Waals surface area contributed by atoms with Gasteiger partial charge in [-0.1, -0.05) is 38.1 Å².